The van der Waals surface area contributed by atoms with Crippen molar-refractivity contribution in [3.8, 4) is 0 Å². The molecule has 0 fully saturated rings. The largest absolute Gasteiger partial charge is 0.302 e. The van der Waals surface area contributed by atoms with Gasteiger partial charge in [0.1, 0.15) is 5.82 Å². The highest BCUT2D eigenvalue weighted by molar-refractivity contribution is 6.00. The lowest BCUT2D eigenvalue weighted by Gasteiger charge is -1.97. The third-order valence-electron chi connectivity index (χ3n) is 2.26. The highest BCUT2D eigenvalue weighted by Crippen LogP contribution is 2.14. The number of aromatic nitrogens is 5. The molecule has 2 rings (SSSR count). The molecule has 7 heteroatoms. The summed E-state index contributed by atoms with van der Waals surface area (Å²) in [4.78, 5) is 15.6. The maximum atomic E-state index is 11.7. The van der Waals surface area contributed by atoms with E-state index in [-0.39, 0.29) is 11.7 Å². The number of hydrogen-bond acceptors (Lipinski definition) is 4. The quantitative estimate of drug-likeness (QED) is 0.743. The molecule has 0 bridgehead atoms. The summed E-state index contributed by atoms with van der Waals surface area (Å²) in [6.45, 7) is 5.81. The number of nitrogens with one attached hydrogen (secondary N) is 3. The normalized spacial score (nSPS) is 10.8. The third-order valence-corrected chi connectivity index (χ3v) is 2.26. The molecule has 0 aromatic carbocycles. The molecule has 2 heterocycles. The van der Waals surface area contributed by atoms with Gasteiger partial charge in [-0.2, -0.15) is 5.10 Å². The second-order valence-electron chi connectivity index (χ2n) is 4.06. The Labute approximate surface area is 98.0 Å². The van der Waals surface area contributed by atoms with Crippen molar-refractivity contribution in [3.63, 3.8) is 0 Å². The van der Waals surface area contributed by atoms with E-state index in [1.165, 1.54) is 0 Å². The van der Waals surface area contributed by atoms with Crippen LogP contribution in [0.1, 0.15) is 41.9 Å². The van der Waals surface area contributed by atoms with Crippen LogP contribution in [0.2, 0.25) is 0 Å². The van der Waals surface area contributed by atoms with Gasteiger partial charge < -0.3 is 5.32 Å². The molecule has 0 aliphatic rings. The van der Waals surface area contributed by atoms with Crippen LogP contribution in [0.3, 0.4) is 0 Å². The Hall–Kier alpha value is -2.18. The van der Waals surface area contributed by atoms with Crippen LogP contribution in [0.15, 0.2) is 6.07 Å². The Kier molecular flexibility index (Phi) is 2.90. The molecular weight excluding hydrogens is 220 g/mol. The molecule has 3 N–H and O–H groups in total. The Morgan fingerprint density at radius 3 is 2.65 bits per heavy atom. The molecular formula is C10H14N6O. The van der Waals surface area contributed by atoms with Crippen molar-refractivity contribution in [3.05, 3.63) is 23.4 Å². The molecule has 0 radical (unpaired) electrons. The number of nitrogens with zero attached hydrogens (tertiary/aromatic N) is 3. The van der Waals surface area contributed by atoms with Gasteiger partial charge >= 0.3 is 0 Å². The fourth-order valence-corrected chi connectivity index (χ4v) is 1.31. The zero-order valence-electron chi connectivity index (χ0n) is 9.90. The van der Waals surface area contributed by atoms with Crippen LogP contribution in [-0.2, 0) is 0 Å². The fraction of sp³-hybridized carbons (Fsp3) is 0.400. The van der Waals surface area contributed by atoms with E-state index in [2.05, 4.69) is 30.7 Å². The van der Waals surface area contributed by atoms with Gasteiger partial charge in [-0.1, -0.05) is 13.8 Å². The van der Waals surface area contributed by atoms with Crippen molar-refractivity contribution in [1.29, 1.82) is 0 Å². The van der Waals surface area contributed by atoms with Crippen LogP contribution >= 0.6 is 0 Å². The molecule has 17 heavy (non-hydrogen) atoms. The Morgan fingerprint density at radius 2 is 2.12 bits per heavy atom. The molecule has 0 saturated heterocycles. The number of carbonyl (C=O) groups excluding carboxylic acids is 1. The first-order valence-electron chi connectivity index (χ1n) is 5.32. The number of aromatic amines is 2. The molecule has 0 aliphatic heterocycles. The van der Waals surface area contributed by atoms with E-state index in [0.717, 1.165) is 5.69 Å². The van der Waals surface area contributed by atoms with Gasteiger partial charge in [0.05, 0.1) is 0 Å². The fourth-order valence-electron chi connectivity index (χ4n) is 1.31. The maximum Gasteiger partial charge on any atom is 0.296 e. The van der Waals surface area contributed by atoms with Gasteiger partial charge in [0.25, 0.3) is 5.91 Å². The number of hydrogen-bond donors (Lipinski definition) is 3. The topological polar surface area (TPSA) is 99.3 Å². The Bertz CT molecular complexity index is 526. The van der Waals surface area contributed by atoms with E-state index < -0.39 is 0 Å². The van der Waals surface area contributed by atoms with E-state index in [4.69, 9.17) is 0 Å². The first kappa shape index (κ1) is 11.3. The van der Waals surface area contributed by atoms with E-state index >= 15 is 0 Å². The number of rotatable bonds is 3. The first-order valence-corrected chi connectivity index (χ1v) is 5.32. The van der Waals surface area contributed by atoms with E-state index in [1.807, 2.05) is 13.8 Å². The minimum absolute atomic E-state index is 0.108. The minimum Gasteiger partial charge on any atom is -0.302 e. The number of amides is 1. The first-order chi connectivity index (χ1) is 8.06. The predicted molar refractivity (Wildman–Crippen MR) is 61.7 cm³/mol. The third kappa shape index (κ3) is 2.49. The van der Waals surface area contributed by atoms with Crippen molar-refractivity contribution in [2.75, 3.05) is 5.32 Å². The molecule has 0 atom stereocenters. The number of aryl methyl sites for hydroxylation is 1. The van der Waals surface area contributed by atoms with Crippen molar-refractivity contribution in [2.24, 2.45) is 0 Å². The van der Waals surface area contributed by atoms with Gasteiger partial charge in [0.2, 0.25) is 5.82 Å². The second-order valence-corrected chi connectivity index (χ2v) is 4.06. The predicted octanol–water partition coefficient (Wildman–Crippen LogP) is 1.21. The SMILES string of the molecule is Cc1nc(C(=O)Nc2cc(C(C)C)[nH]n2)n[nH]1. The Morgan fingerprint density at radius 1 is 1.35 bits per heavy atom. The van der Waals surface area contributed by atoms with Crippen LogP contribution in [0.25, 0.3) is 0 Å². The highest BCUT2D eigenvalue weighted by Gasteiger charge is 2.13. The molecule has 7 nitrogen and oxygen atoms in total. The zero-order valence-corrected chi connectivity index (χ0v) is 9.90. The summed E-state index contributed by atoms with van der Waals surface area (Å²) >= 11 is 0. The monoisotopic (exact) mass is 234 g/mol. The summed E-state index contributed by atoms with van der Waals surface area (Å²) in [7, 11) is 0. The van der Waals surface area contributed by atoms with E-state index in [1.54, 1.807) is 13.0 Å². The number of H-pyrrole nitrogens is 2. The van der Waals surface area contributed by atoms with Crippen molar-refractivity contribution >= 4 is 11.7 Å². The average Bonchev–Trinajstić information content (AvgIpc) is 2.86. The zero-order chi connectivity index (χ0) is 12.4. The lowest BCUT2D eigenvalue weighted by molar-refractivity contribution is 0.101. The number of anilines is 1. The van der Waals surface area contributed by atoms with Crippen LogP contribution in [-0.4, -0.2) is 31.3 Å². The highest BCUT2D eigenvalue weighted by atomic mass is 16.2. The van der Waals surface area contributed by atoms with Crippen molar-refractivity contribution in [1.82, 2.24) is 25.4 Å². The molecule has 1 amide bonds. The van der Waals surface area contributed by atoms with Crippen LogP contribution in [0.5, 0.6) is 0 Å². The summed E-state index contributed by atoms with van der Waals surface area (Å²) in [6.07, 6.45) is 0. The standard InChI is InChI=1S/C10H14N6O/c1-5(2)7-4-8(15-14-7)12-10(17)9-11-6(3)13-16-9/h4-5H,1-3H3,(H,11,13,16)(H2,12,14,15,17). The van der Waals surface area contributed by atoms with Crippen LogP contribution < -0.4 is 5.32 Å². The molecule has 2 aromatic rings. The molecule has 0 saturated carbocycles. The van der Waals surface area contributed by atoms with Crippen LogP contribution in [0.4, 0.5) is 5.82 Å². The van der Waals surface area contributed by atoms with E-state index in [9.17, 15) is 4.79 Å². The molecule has 0 unspecified atom stereocenters. The molecule has 0 spiro atoms. The average molecular weight is 234 g/mol. The van der Waals surface area contributed by atoms with Crippen LogP contribution in [0, 0.1) is 6.92 Å². The van der Waals surface area contributed by atoms with Gasteiger partial charge in [-0.05, 0) is 12.8 Å². The molecule has 90 valence electrons. The summed E-state index contributed by atoms with van der Waals surface area (Å²) in [5, 5.41) is 15.8. The summed E-state index contributed by atoms with van der Waals surface area (Å²) in [6, 6.07) is 1.79. The lowest BCUT2D eigenvalue weighted by Crippen LogP contribution is -2.14. The van der Waals surface area contributed by atoms with Gasteiger partial charge in [-0.25, -0.2) is 4.98 Å². The summed E-state index contributed by atoms with van der Waals surface area (Å²) in [5.41, 5.74) is 0.964. The van der Waals surface area contributed by atoms with Gasteiger partial charge in [0.15, 0.2) is 5.82 Å². The maximum absolute atomic E-state index is 11.7. The van der Waals surface area contributed by atoms with Gasteiger partial charge in [0, 0.05) is 11.8 Å². The second kappa shape index (κ2) is 4.36. The Balaban J connectivity index is 2.07. The molecule has 0 aliphatic carbocycles. The van der Waals surface area contributed by atoms with Crippen molar-refractivity contribution < 1.29 is 4.79 Å². The minimum atomic E-state index is -0.379. The lowest BCUT2D eigenvalue weighted by atomic mass is 10.1. The smallest absolute Gasteiger partial charge is 0.296 e. The van der Waals surface area contributed by atoms with E-state index in [0.29, 0.717) is 17.6 Å². The van der Waals surface area contributed by atoms with Gasteiger partial charge in [-0.3, -0.25) is 15.0 Å². The van der Waals surface area contributed by atoms with Gasteiger partial charge in [-0.15, -0.1) is 5.10 Å². The summed E-state index contributed by atoms with van der Waals surface area (Å²) in [5.74, 6) is 1.13. The van der Waals surface area contributed by atoms with Crippen molar-refractivity contribution in [2.45, 2.75) is 26.7 Å². The molecule has 2 aromatic heterocycles. The summed E-state index contributed by atoms with van der Waals surface area (Å²) < 4.78 is 0. The number of carbonyl (C=O) groups is 1.